The molecule has 0 aliphatic carbocycles. The molecule has 2 fully saturated rings. The number of rotatable bonds is 4. The van der Waals surface area contributed by atoms with Crippen LogP contribution >= 0.6 is 23.2 Å². The summed E-state index contributed by atoms with van der Waals surface area (Å²) in [6.07, 6.45) is 2.59. The van der Waals surface area contributed by atoms with Gasteiger partial charge < -0.3 is 24.4 Å². The highest BCUT2D eigenvalue weighted by Gasteiger charge is 2.32. The molecule has 2 heterocycles. The predicted octanol–water partition coefficient (Wildman–Crippen LogP) is 6.42. The Balaban J connectivity index is 0.000000239. The number of nitrogens with zero attached hydrogens (tertiary/aromatic N) is 1. The van der Waals surface area contributed by atoms with Crippen LogP contribution in [-0.2, 0) is 14.3 Å². The molecule has 0 unspecified atom stereocenters. The first-order valence-electron chi connectivity index (χ1n) is 13.3. The van der Waals surface area contributed by atoms with Crippen LogP contribution in [-0.4, -0.2) is 54.7 Å². The third-order valence-electron chi connectivity index (χ3n) is 6.26. The van der Waals surface area contributed by atoms with E-state index in [1.165, 1.54) is 29.2 Å². The van der Waals surface area contributed by atoms with Crippen LogP contribution in [0.5, 0.6) is 11.5 Å². The lowest BCUT2D eigenvalue weighted by Crippen LogP contribution is -2.45. The zero-order valence-corrected chi connectivity index (χ0v) is 24.7. The van der Waals surface area contributed by atoms with Crippen molar-refractivity contribution in [2.45, 2.75) is 52.1 Å². The van der Waals surface area contributed by atoms with Gasteiger partial charge in [-0.1, -0.05) is 23.2 Å². The van der Waals surface area contributed by atoms with E-state index in [2.05, 4.69) is 5.32 Å². The minimum absolute atomic E-state index is 0.0177. The molecule has 224 valence electrons. The van der Waals surface area contributed by atoms with Crippen molar-refractivity contribution in [3.63, 3.8) is 0 Å². The fourth-order valence-electron chi connectivity index (χ4n) is 4.19. The number of halogens is 4. The van der Waals surface area contributed by atoms with E-state index in [1.54, 1.807) is 20.8 Å². The Bertz CT molecular complexity index is 1230. The third-order valence-corrected chi connectivity index (χ3v) is 6.87. The molecule has 12 heteroatoms. The zero-order chi connectivity index (χ0) is 30.2. The highest BCUT2D eigenvalue weighted by Crippen LogP contribution is 2.25. The summed E-state index contributed by atoms with van der Waals surface area (Å²) >= 11 is 11.1. The van der Waals surface area contributed by atoms with Gasteiger partial charge in [0.25, 0.3) is 0 Å². The third kappa shape index (κ3) is 10.4. The summed E-state index contributed by atoms with van der Waals surface area (Å²) < 4.78 is 42.2. The Labute approximate surface area is 248 Å². The molecular weight excluding hydrogens is 581 g/mol. The van der Waals surface area contributed by atoms with Gasteiger partial charge in [-0.15, -0.1) is 0 Å². The average Bonchev–Trinajstić information content (AvgIpc) is 2.93. The van der Waals surface area contributed by atoms with Gasteiger partial charge in [-0.3, -0.25) is 9.59 Å². The number of ether oxygens (including phenoxy) is 3. The van der Waals surface area contributed by atoms with Crippen LogP contribution in [0.15, 0.2) is 36.4 Å². The van der Waals surface area contributed by atoms with E-state index >= 15 is 0 Å². The van der Waals surface area contributed by atoms with Crippen LogP contribution in [0.2, 0.25) is 10.0 Å². The minimum atomic E-state index is -0.652. The van der Waals surface area contributed by atoms with Crippen molar-refractivity contribution in [1.29, 1.82) is 0 Å². The van der Waals surface area contributed by atoms with Crippen molar-refractivity contribution in [3.8, 4) is 11.5 Å². The smallest absolute Gasteiger partial charge is 0.410 e. The number of nitrogens with one attached hydrogen (secondary N) is 1. The number of hydrogen-bond donors (Lipinski definition) is 1. The van der Waals surface area contributed by atoms with E-state index in [0.29, 0.717) is 25.9 Å². The van der Waals surface area contributed by atoms with E-state index in [0.717, 1.165) is 31.5 Å². The van der Waals surface area contributed by atoms with Crippen molar-refractivity contribution < 1.29 is 37.4 Å². The molecule has 0 saturated carbocycles. The van der Waals surface area contributed by atoms with Crippen LogP contribution in [0.25, 0.3) is 0 Å². The first-order chi connectivity index (χ1) is 19.3. The molecular formula is C29H34Cl2F2N2O6. The summed E-state index contributed by atoms with van der Waals surface area (Å²) in [6.45, 7) is 7.67. The van der Waals surface area contributed by atoms with E-state index in [4.69, 9.17) is 37.4 Å². The minimum Gasteiger partial charge on any atom is -0.444 e. The van der Waals surface area contributed by atoms with Gasteiger partial charge in [0.05, 0.1) is 21.9 Å². The number of esters is 2. The molecule has 1 amide bonds. The molecule has 2 atom stereocenters. The summed E-state index contributed by atoms with van der Waals surface area (Å²) in [5, 5.41) is 3.11. The molecule has 1 N–H and O–H groups in total. The van der Waals surface area contributed by atoms with Gasteiger partial charge in [0.15, 0.2) is 0 Å². The Hall–Kier alpha value is -2.95. The average molecular weight is 616 g/mol. The fourth-order valence-corrected chi connectivity index (χ4v) is 4.43. The first kappa shape index (κ1) is 32.6. The summed E-state index contributed by atoms with van der Waals surface area (Å²) in [5.41, 5.74) is -0.592. The van der Waals surface area contributed by atoms with Gasteiger partial charge in [0.1, 0.15) is 28.7 Å². The predicted molar refractivity (Wildman–Crippen MR) is 150 cm³/mol. The number of benzene rings is 2. The molecule has 41 heavy (non-hydrogen) atoms. The van der Waals surface area contributed by atoms with Gasteiger partial charge >= 0.3 is 18.0 Å². The van der Waals surface area contributed by atoms with E-state index < -0.39 is 35.2 Å². The van der Waals surface area contributed by atoms with Crippen LogP contribution in [0.1, 0.15) is 46.5 Å². The van der Waals surface area contributed by atoms with Gasteiger partial charge in [0, 0.05) is 31.8 Å². The fraction of sp³-hybridized carbons (Fsp3) is 0.483. The molecule has 0 aromatic heterocycles. The Morgan fingerprint density at radius 2 is 1.41 bits per heavy atom. The summed E-state index contributed by atoms with van der Waals surface area (Å²) in [7, 11) is 0. The molecule has 8 nitrogen and oxygen atoms in total. The second-order valence-corrected chi connectivity index (χ2v) is 11.6. The molecule has 0 spiro atoms. The van der Waals surface area contributed by atoms with Crippen LogP contribution < -0.4 is 14.8 Å². The van der Waals surface area contributed by atoms with Crippen molar-refractivity contribution in [2.75, 3.05) is 26.2 Å². The lowest BCUT2D eigenvalue weighted by molar-refractivity contribution is -0.141. The molecule has 2 aliphatic rings. The van der Waals surface area contributed by atoms with Crippen molar-refractivity contribution in [1.82, 2.24) is 10.2 Å². The maximum atomic E-state index is 13.4. The Kier molecular flexibility index (Phi) is 11.7. The molecule has 2 aromatic carbocycles. The standard InChI is InChI=1S/C17H21ClFNO4.C12H13ClFNO2/c1-17(2,3)24-16(22)20-8-4-5-11(10-20)15(21)23-12-6-7-13(18)14(19)9-12;13-10-4-3-9(6-11(10)14)17-12(16)8-2-1-5-15-7-8/h6-7,9,11H,4-5,8,10H2,1-3H3;3-4,6,8,15H,1-2,5,7H2/t11-;8-/m00/s1. The molecule has 2 saturated heterocycles. The summed E-state index contributed by atoms with van der Waals surface area (Å²) in [4.78, 5) is 37.6. The van der Waals surface area contributed by atoms with Gasteiger partial charge in [-0.05, 0) is 77.3 Å². The monoisotopic (exact) mass is 614 g/mol. The highest BCUT2D eigenvalue weighted by atomic mass is 35.5. The van der Waals surface area contributed by atoms with Crippen LogP contribution in [0.4, 0.5) is 13.6 Å². The SMILES string of the molecule is CC(C)(C)OC(=O)N1CCC[C@H](C(=O)Oc2ccc(Cl)c(F)c2)C1.O=C(Oc1ccc(Cl)c(F)c1)[C@H]1CCCNC1. The number of hydrogen-bond acceptors (Lipinski definition) is 7. The lowest BCUT2D eigenvalue weighted by atomic mass is 9.98. The molecule has 2 aliphatic heterocycles. The van der Waals surface area contributed by atoms with Crippen molar-refractivity contribution in [2.24, 2.45) is 11.8 Å². The summed E-state index contributed by atoms with van der Waals surface area (Å²) in [5.74, 6) is -2.38. The van der Waals surface area contributed by atoms with Crippen molar-refractivity contribution in [3.05, 3.63) is 58.1 Å². The Morgan fingerprint density at radius 1 is 0.878 bits per heavy atom. The van der Waals surface area contributed by atoms with Crippen LogP contribution in [0.3, 0.4) is 0 Å². The van der Waals surface area contributed by atoms with E-state index in [-0.39, 0.29) is 40.0 Å². The molecule has 0 radical (unpaired) electrons. The maximum absolute atomic E-state index is 13.4. The highest BCUT2D eigenvalue weighted by molar-refractivity contribution is 6.31. The first-order valence-corrected chi connectivity index (χ1v) is 14.1. The summed E-state index contributed by atoms with van der Waals surface area (Å²) in [6, 6.07) is 7.80. The molecule has 2 aromatic rings. The number of likely N-dealkylation sites (tertiary alicyclic amines) is 1. The van der Waals surface area contributed by atoms with Gasteiger partial charge in [-0.25, -0.2) is 13.6 Å². The normalized spacial score (nSPS) is 19.0. The second-order valence-electron chi connectivity index (χ2n) is 10.8. The van der Waals surface area contributed by atoms with E-state index in [1.807, 2.05) is 0 Å². The number of carbonyl (C=O) groups excluding carboxylic acids is 3. The number of piperidine rings is 2. The lowest BCUT2D eigenvalue weighted by Gasteiger charge is -2.33. The van der Waals surface area contributed by atoms with Crippen molar-refractivity contribution >= 4 is 41.2 Å². The van der Waals surface area contributed by atoms with Gasteiger partial charge in [-0.2, -0.15) is 0 Å². The quantitative estimate of drug-likeness (QED) is 0.314. The zero-order valence-electron chi connectivity index (χ0n) is 23.2. The Morgan fingerprint density at radius 3 is 1.90 bits per heavy atom. The second kappa shape index (κ2) is 14.8. The number of amides is 1. The number of carbonyl (C=O) groups is 3. The van der Waals surface area contributed by atoms with Crippen LogP contribution in [0, 0.1) is 23.5 Å². The van der Waals surface area contributed by atoms with Gasteiger partial charge in [0.2, 0.25) is 0 Å². The molecule has 4 rings (SSSR count). The topological polar surface area (TPSA) is 94.2 Å². The maximum Gasteiger partial charge on any atom is 0.410 e. The largest absolute Gasteiger partial charge is 0.444 e. The molecule has 0 bridgehead atoms. The van der Waals surface area contributed by atoms with E-state index in [9.17, 15) is 23.2 Å².